The van der Waals surface area contributed by atoms with E-state index in [2.05, 4.69) is 5.32 Å². The zero-order valence-electron chi connectivity index (χ0n) is 11.9. The summed E-state index contributed by atoms with van der Waals surface area (Å²) in [4.78, 5) is 23.1. The van der Waals surface area contributed by atoms with Crippen LogP contribution in [0.3, 0.4) is 0 Å². The fourth-order valence-corrected chi connectivity index (χ4v) is 2.03. The number of nitrogens with one attached hydrogen (secondary N) is 1. The Balaban J connectivity index is 2.16. The van der Waals surface area contributed by atoms with Crippen LogP contribution in [0.1, 0.15) is 26.3 Å². The summed E-state index contributed by atoms with van der Waals surface area (Å²) in [6.45, 7) is 1.57. The number of nitrogens with two attached hydrogens (primary N) is 1. The predicted molar refractivity (Wildman–Crippen MR) is 81.8 cm³/mol. The summed E-state index contributed by atoms with van der Waals surface area (Å²) < 4.78 is 13.7. The van der Waals surface area contributed by atoms with Crippen LogP contribution < -0.4 is 11.1 Å². The molecule has 4 N–H and O–H groups in total. The molecule has 0 amide bonds. The zero-order chi connectivity index (χ0) is 16.3. The zero-order valence-corrected chi connectivity index (χ0v) is 11.9. The number of aryl methyl sites for hydroxylation is 1. The molecule has 2 rings (SSSR count). The summed E-state index contributed by atoms with van der Waals surface area (Å²) >= 11 is 0. The topological polar surface area (TPSA) is 92.4 Å². The van der Waals surface area contributed by atoms with Crippen molar-refractivity contribution in [1.29, 1.82) is 0 Å². The number of aromatic carboxylic acids is 1. The number of anilines is 2. The number of hydrogen-bond acceptors (Lipinski definition) is 4. The highest BCUT2D eigenvalue weighted by Crippen LogP contribution is 2.19. The third-order valence-corrected chi connectivity index (χ3v) is 3.20. The number of nitrogen functional groups attached to an aromatic ring is 1. The van der Waals surface area contributed by atoms with Crippen LogP contribution >= 0.6 is 0 Å². The molecule has 6 heteroatoms. The second kappa shape index (κ2) is 6.26. The van der Waals surface area contributed by atoms with Gasteiger partial charge in [-0.15, -0.1) is 0 Å². The first-order valence-electron chi connectivity index (χ1n) is 6.55. The molecule has 0 saturated heterocycles. The highest BCUT2D eigenvalue weighted by atomic mass is 19.1. The minimum absolute atomic E-state index is 0.0915. The quantitative estimate of drug-likeness (QED) is 0.583. The van der Waals surface area contributed by atoms with Crippen LogP contribution in [0.25, 0.3) is 0 Å². The van der Waals surface area contributed by atoms with E-state index in [1.54, 1.807) is 13.0 Å². The Morgan fingerprint density at radius 3 is 2.55 bits per heavy atom. The second-order valence-electron chi connectivity index (χ2n) is 4.83. The SMILES string of the molecule is Cc1ccc(NCC(=O)c2cccc(C(=O)O)c2N)c(F)c1. The van der Waals surface area contributed by atoms with E-state index in [1.165, 1.54) is 30.3 Å². The van der Waals surface area contributed by atoms with E-state index in [-0.39, 0.29) is 29.0 Å². The molecule has 0 aromatic heterocycles. The Morgan fingerprint density at radius 1 is 1.23 bits per heavy atom. The lowest BCUT2D eigenvalue weighted by atomic mass is 10.0. The largest absolute Gasteiger partial charge is 0.478 e. The number of carboxylic acid groups (broad SMARTS) is 1. The van der Waals surface area contributed by atoms with Crippen molar-refractivity contribution < 1.29 is 19.1 Å². The number of carboxylic acids is 1. The van der Waals surface area contributed by atoms with Gasteiger partial charge in [0.2, 0.25) is 0 Å². The molecule has 0 saturated carbocycles. The Bertz CT molecular complexity index is 744. The summed E-state index contributed by atoms with van der Waals surface area (Å²) in [5.41, 5.74) is 6.55. The van der Waals surface area contributed by atoms with Crippen molar-refractivity contribution in [3.8, 4) is 0 Å². The fraction of sp³-hybridized carbons (Fsp3) is 0.125. The smallest absolute Gasteiger partial charge is 0.337 e. The van der Waals surface area contributed by atoms with Gasteiger partial charge in [-0.05, 0) is 36.8 Å². The van der Waals surface area contributed by atoms with Crippen molar-refractivity contribution in [2.24, 2.45) is 0 Å². The molecule has 0 spiro atoms. The number of halogens is 1. The molecule has 2 aromatic carbocycles. The molecule has 114 valence electrons. The highest BCUT2D eigenvalue weighted by Gasteiger charge is 2.16. The van der Waals surface area contributed by atoms with E-state index in [9.17, 15) is 14.0 Å². The third-order valence-electron chi connectivity index (χ3n) is 3.20. The molecule has 0 unspecified atom stereocenters. The highest BCUT2D eigenvalue weighted by molar-refractivity contribution is 6.07. The molecule has 0 aliphatic carbocycles. The minimum atomic E-state index is -1.20. The summed E-state index contributed by atoms with van der Waals surface area (Å²) in [5, 5.41) is 11.7. The number of ketones is 1. The van der Waals surface area contributed by atoms with Crippen molar-refractivity contribution in [1.82, 2.24) is 0 Å². The first-order chi connectivity index (χ1) is 10.4. The van der Waals surface area contributed by atoms with Crippen molar-refractivity contribution in [3.05, 3.63) is 58.9 Å². The van der Waals surface area contributed by atoms with Gasteiger partial charge in [0.05, 0.1) is 23.5 Å². The van der Waals surface area contributed by atoms with Crippen LogP contribution in [0.15, 0.2) is 36.4 Å². The first-order valence-corrected chi connectivity index (χ1v) is 6.55. The number of carbonyl (C=O) groups excluding carboxylic acids is 1. The molecule has 0 radical (unpaired) electrons. The molecule has 5 nitrogen and oxygen atoms in total. The number of hydrogen-bond donors (Lipinski definition) is 3. The summed E-state index contributed by atoms with van der Waals surface area (Å²) in [5.74, 6) is -2.08. The predicted octanol–water partition coefficient (Wildman–Crippen LogP) is 2.71. The van der Waals surface area contributed by atoms with Crippen LogP contribution in [0.4, 0.5) is 15.8 Å². The maximum absolute atomic E-state index is 13.7. The molecular weight excluding hydrogens is 287 g/mol. The van der Waals surface area contributed by atoms with E-state index in [4.69, 9.17) is 10.8 Å². The lowest BCUT2D eigenvalue weighted by Gasteiger charge is -2.10. The van der Waals surface area contributed by atoms with Crippen molar-refractivity contribution in [2.45, 2.75) is 6.92 Å². The Hall–Kier alpha value is -2.89. The average Bonchev–Trinajstić information content (AvgIpc) is 2.46. The van der Waals surface area contributed by atoms with Crippen molar-refractivity contribution in [3.63, 3.8) is 0 Å². The van der Waals surface area contributed by atoms with Crippen molar-refractivity contribution >= 4 is 23.1 Å². The number of Topliss-reactive ketones (excluding diaryl/α,β-unsaturated/α-hetero) is 1. The number of para-hydroxylation sites is 1. The second-order valence-corrected chi connectivity index (χ2v) is 4.83. The molecular formula is C16H15FN2O3. The van der Waals surface area contributed by atoms with Gasteiger partial charge in [0, 0.05) is 5.56 Å². The van der Waals surface area contributed by atoms with Gasteiger partial charge in [0.25, 0.3) is 0 Å². The molecule has 2 aromatic rings. The average molecular weight is 302 g/mol. The van der Waals surface area contributed by atoms with E-state index in [0.717, 1.165) is 5.56 Å². The third kappa shape index (κ3) is 3.22. The van der Waals surface area contributed by atoms with Gasteiger partial charge in [0.1, 0.15) is 5.82 Å². The normalized spacial score (nSPS) is 10.3. The maximum atomic E-state index is 13.7. The monoisotopic (exact) mass is 302 g/mol. The number of benzene rings is 2. The molecule has 0 fully saturated rings. The van der Waals surface area contributed by atoms with E-state index >= 15 is 0 Å². The van der Waals surface area contributed by atoms with E-state index < -0.39 is 17.6 Å². The number of rotatable bonds is 5. The van der Waals surface area contributed by atoms with Crippen molar-refractivity contribution in [2.75, 3.05) is 17.6 Å². The molecule has 0 aliphatic heterocycles. The Morgan fingerprint density at radius 2 is 1.91 bits per heavy atom. The van der Waals surface area contributed by atoms with E-state index in [0.29, 0.717) is 0 Å². The van der Waals surface area contributed by atoms with Crippen LogP contribution in [0.2, 0.25) is 0 Å². The van der Waals surface area contributed by atoms with Crippen LogP contribution in [-0.2, 0) is 0 Å². The van der Waals surface area contributed by atoms with E-state index in [1.807, 2.05) is 0 Å². The van der Waals surface area contributed by atoms with Crippen LogP contribution in [-0.4, -0.2) is 23.4 Å². The van der Waals surface area contributed by atoms with Gasteiger partial charge in [-0.3, -0.25) is 4.79 Å². The van der Waals surface area contributed by atoms with Gasteiger partial charge in [0.15, 0.2) is 5.78 Å². The fourth-order valence-electron chi connectivity index (χ4n) is 2.03. The summed E-state index contributed by atoms with van der Waals surface area (Å²) in [6, 6.07) is 8.81. The Labute approximate surface area is 126 Å². The summed E-state index contributed by atoms with van der Waals surface area (Å²) in [7, 11) is 0. The first kappa shape index (κ1) is 15.5. The molecule has 0 aliphatic rings. The lowest BCUT2D eigenvalue weighted by Crippen LogP contribution is -2.17. The molecule has 0 atom stereocenters. The van der Waals surface area contributed by atoms with Gasteiger partial charge >= 0.3 is 5.97 Å². The maximum Gasteiger partial charge on any atom is 0.337 e. The number of carbonyl (C=O) groups is 2. The van der Waals surface area contributed by atoms with Gasteiger partial charge < -0.3 is 16.2 Å². The van der Waals surface area contributed by atoms with Gasteiger partial charge in [-0.25, -0.2) is 9.18 Å². The standard InChI is InChI=1S/C16H15FN2O3/c1-9-5-6-13(12(17)7-9)19-8-14(20)10-3-2-4-11(15(10)18)16(21)22/h2-7,19H,8,18H2,1H3,(H,21,22). The van der Waals surface area contributed by atoms with Gasteiger partial charge in [-0.2, -0.15) is 0 Å². The lowest BCUT2D eigenvalue weighted by molar-refractivity contribution is 0.0698. The minimum Gasteiger partial charge on any atom is -0.478 e. The molecule has 0 heterocycles. The van der Waals surface area contributed by atoms with Crippen LogP contribution in [0.5, 0.6) is 0 Å². The Kier molecular flexibility index (Phi) is 4.41. The molecule has 0 bridgehead atoms. The van der Waals surface area contributed by atoms with Gasteiger partial charge in [-0.1, -0.05) is 12.1 Å². The van der Waals surface area contributed by atoms with Crippen LogP contribution in [0, 0.1) is 12.7 Å². The molecule has 22 heavy (non-hydrogen) atoms. The summed E-state index contributed by atoms with van der Waals surface area (Å²) in [6.07, 6.45) is 0.